The average Bonchev–Trinajstić information content (AvgIpc) is 2.50. The van der Waals surface area contributed by atoms with Crippen LogP contribution in [0.2, 0.25) is 0 Å². The minimum atomic E-state index is -0.0271. The minimum absolute atomic E-state index is 0.0271. The monoisotopic (exact) mass is 195 g/mol. The van der Waals surface area contributed by atoms with E-state index in [0.717, 1.165) is 24.4 Å². The summed E-state index contributed by atoms with van der Waals surface area (Å²) in [6.07, 6.45) is 3.36. The highest BCUT2D eigenvalue weighted by atomic mass is 16.3. The smallest absolute Gasteiger partial charge is 0.117 e. The molecule has 2 N–H and O–H groups in total. The molecule has 1 heterocycles. The third-order valence-corrected chi connectivity index (χ3v) is 3.05. The molecular weight excluding hydrogens is 178 g/mol. The van der Waals surface area contributed by atoms with E-state index >= 15 is 0 Å². The Morgan fingerprint density at radius 2 is 2.29 bits per heavy atom. The van der Waals surface area contributed by atoms with Crippen molar-refractivity contribution in [3.05, 3.63) is 23.7 Å². The summed E-state index contributed by atoms with van der Waals surface area (Å²) in [5, 5.41) is 12.6. The van der Waals surface area contributed by atoms with Crippen LogP contribution in [0.1, 0.15) is 30.8 Å². The molecule has 0 aliphatic heterocycles. The van der Waals surface area contributed by atoms with Gasteiger partial charge < -0.3 is 14.8 Å². The topological polar surface area (TPSA) is 45.4 Å². The number of rotatable bonds is 4. The zero-order chi connectivity index (χ0) is 10.0. The number of furan rings is 1. The molecule has 1 aromatic rings. The molecule has 1 saturated carbocycles. The molecule has 14 heavy (non-hydrogen) atoms. The summed E-state index contributed by atoms with van der Waals surface area (Å²) in [5.41, 5.74) is -0.0271. The molecule has 0 atom stereocenters. The van der Waals surface area contributed by atoms with Crippen molar-refractivity contribution >= 4 is 0 Å². The summed E-state index contributed by atoms with van der Waals surface area (Å²) in [6, 6.07) is 3.94. The molecule has 0 radical (unpaired) electrons. The van der Waals surface area contributed by atoms with Gasteiger partial charge in [-0.1, -0.05) is 0 Å². The maximum Gasteiger partial charge on any atom is 0.117 e. The summed E-state index contributed by atoms with van der Waals surface area (Å²) in [5.74, 6) is 1.88. The molecule has 0 unspecified atom stereocenters. The first kappa shape index (κ1) is 9.74. The van der Waals surface area contributed by atoms with E-state index in [1.807, 2.05) is 19.1 Å². The normalized spacial score (nSPS) is 19.3. The molecule has 1 aliphatic carbocycles. The van der Waals surface area contributed by atoms with Gasteiger partial charge >= 0.3 is 0 Å². The van der Waals surface area contributed by atoms with Crippen molar-refractivity contribution in [1.82, 2.24) is 5.32 Å². The van der Waals surface area contributed by atoms with E-state index in [-0.39, 0.29) is 12.1 Å². The zero-order valence-corrected chi connectivity index (χ0v) is 8.55. The van der Waals surface area contributed by atoms with Crippen molar-refractivity contribution < 1.29 is 9.52 Å². The van der Waals surface area contributed by atoms with Gasteiger partial charge in [-0.25, -0.2) is 0 Å². The first-order valence-electron chi connectivity index (χ1n) is 5.15. The first-order valence-corrected chi connectivity index (χ1v) is 5.15. The Kier molecular flexibility index (Phi) is 2.61. The third kappa shape index (κ3) is 1.83. The lowest BCUT2D eigenvalue weighted by Gasteiger charge is -2.41. The van der Waals surface area contributed by atoms with Gasteiger partial charge in [0.15, 0.2) is 0 Å². The highest BCUT2D eigenvalue weighted by molar-refractivity contribution is 5.06. The summed E-state index contributed by atoms with van der Waals surface area (Å²) in [7, 11) is 0. The van der Waals surface area contributed by atoms with Gasteiger partial charge in [-0.05, 0) is 38.3 Å². The molecule has 1 fully saturated rings. The highest BCUT2D eigenvalue weighted by Gasteiger charge is 2.35. The fourth-order valence-corrected chi connectivity index (χ4v) is 1.85. The fourth-order valence-electron chi connectivity index (χ4n) is 1.85. The summed E-state index contributed by atoms with van der Waals surface area (Å²) < 4.78 is 5.45. The van der Waals surface area contributed by atoms with Crippen LogP contribution in [0.15, 0.2) is 16.5 Å². The van der Waals surface area contributed by atoms with Crippen LogP contribution in [0.4, 0.5) is 0 Å². The Balaban J connectivity index is 1.87. The summed E-state index contributed by atoms with van der Waals surface area (Å²) >= 11 is 0. The lowest BCUT2D eigenvalue weighted by molar-refractivity contribution is 0.0852. The molecule has 0 saturated heterocycles. The van der Waals surface area contributed by atoms with Gasteiger partial charge in [0.1, 0.15) is 11.5 Å². The minimum Gasteiger partial charge on any atom is -0.465 e. The van der Waals surface area contributed by atoms with Gasteiger partial charge in [0, 0.05) is 5.54 Å². The molecule has 0 spiro atoms. The number of nitrogens with one attached hydrogen (secondary N) is 1. The van der Waals surface area contributed by atoms with Gasteiger partial charge in [0.2, 0.25) is 0 Å². The number of aryl methyl sites for hydroxylation is 1. The van der Waals surface area contributed by atoms with E-state index in [0.29, 0.717) is 6.54 Å². The molecule has 78 valence electrons. The molecule has 3 heteroatoms. The SMILES string of the molecule is Cc1ccc(CNC2(CO)CCC2)o1. The Morgan fingerprint density at radius 1 is 1.50 bits per heavy atom. The maximum absolute atomic E-state index is 9.23. The van der Waals surface area contributed by atoms with Gasteiger partial charge in [-0.2, -0.15) is 0 Å². The Hall–Kier alpha value is -0.800. The van der Waals surface area contributed by atoms with Gasteiger partial charge in [0.05, 0.1) is 13.2 Å². The summed E-state index contributed by atoms with van der Waals surface area (Å²) in [6.45, 7) is 2.88. The van der Waals surface area contributed by atoms with Crippen LogP contribution < -0.4 is 5.32 Å². The number of hydrogen-bond donors (Lipinski definition) is 2. The number of aliphatic hydroxyl groups excluding tert-OH is 1. The lowest BCUT2D eigenvalue weighted by Crippen LogP contribution is -2.53. The molecular formula is C11H17NO2. The van der Waals surface area contributed by atoms with Crippen molar-refractivity contribution in [2.24, 2.45) is 0 Å². The van der Waals surface area contributed by atoms with Gasteiger partial charge in [-0.15, -0.1) is 0 Å². The van der Waals surface area contributed by atoms with Crippen LogP contribution in [0, 0.1) is 6.92 Å². The fraction of sp³-hybridized carbons (Fsp3) is 0.636. The molecule has 1 aromatic heterocycles. The van der Waals surface area contributed by atoms with E-state index in [1.165, 1.54) is 6.42 Å². The third-order valence-electron chi connectivity index (χ3n) is 3.05. The van der Waals surface area contributed by atoms with Crippen LogP contribution in [0.5, 0.6) is 0 Å². The van der Waals surface area contributed by atoms with Crippen LogP contribution in [0.25, 0.3) is 0 Å². The Bertz CT molecular complexity index is 296. The molecule has 0 amide bonds. The van der Waals surface area contributed by atoms with Crippen LogP contribution in [0.3, 0.4) is 0 Å². The molecule has 2 rings (SSSR count). The molecule has 1 aliphatic rings. The van der Waals surface area contributed by atoms with Crippen molar-refractivity contribution in [2.75, 3.05) is 6.61 Å². The zero-order valence-electron chi connectivity index (χ0n) is 8.55. The van der Waals surface area contributed by atoms with Crippen molar-refractivity contribution in [3.8, 4) is 0 Å². The van der Waals surface area contributed by atoms with E-state index in [9.17, 15) is 5.11 Å². The largest absolute Gasteiger partial charge is 0.465 e. The second kappa shape index (κ2) is 3.75. The maximum atomic E-state index is 9.23. The first-order chi connectivity index (χ1) is 6.74. The average molecular weight is 195 g/mol. The van der Waals surface area contributed by atoms with E-state index in [1.54, 1.807) is 0 Å². The Morgan fingerprint density at radius 3 is 2.71 bits per heavy atom. The Labute approximate surface area is 84.1 Å². The van der Waals surface area contributed by atoms with Crippen LogP contribution in [-0.4, -0.2) is 17.3 Å². The standard InChI is InChI=1S/C11H17NO2/c1-9-3-4-10(14-9)7-12-11(8-13)5-2-6-11/h3-4,12-13H,2,5-8H2,1H3. The van der Waals surface area contributed by atoms with Crippen LogP contribution >= 0.6 is 0 Å². The predicted molar refractivity (Wildman–Crippen MR) is 54.0 cm³/mol. The van der Waals surface area contributed by atoms with Crippen molar-refractivity contribution in [3.63, 3.8) is 0 Å². The van der Waals surface area contributed by atoms with Crippen LogP contribution in [-0.2, 0) is 6.54 Å². The molecule has 0 aromatic carbocycles. The highest BCUT2D eigenvalue weighted by Crippen LogP contribution is 2.31. The lowest BCUT2D eigenvalue weighted by atomic mass is 9.77. The quantitative estimate of drug-likeness (QED) is 0.767. The van der Waals surface area contributed by atoms with E-state index in [4.69, 9.17) is 4.42 Å². The number of hydrogen-bond acceptors (Lipinski definition) is 3. The molecule has 0 bridgehead atoms. The van der Waals surface area contributed by atoms with Gasteiger partial charge in [-0.3, -0.25) is 0 Å². The predicted octanol–water partition coefficient (Wildman–Crippen LogP) is 1.59. The van der Waals surface area contributed by atoms with Crippen molar-refractivity contribution in [2.45, 2.75) is 38.3 Å². The second-order valence-electron chi connectivity index (χ2n) is 4.16. The number of aliphatic hydroxyl groups is 1. The van der Waals surface area contributed by atoms with E-state index in [2.05, 4.69) is 5.32 Å². The van der Waals surface area contributed by atoms with Crippen molar-refractivity contribution in [1.29, 1.82) is 0 Å². The van der Waals surface area contributed by atoms with E-state index < -0.39 is 0 Å². The molecule has 3 nitrogen and oxygen atoms in total. The van der Waals surface area contributed by atoms with Gasteiger partial charge in [0.25, 0.3) is 0 Å². The summed E-state index contributed by atoms with van der Waals surface area (Å²) in [4.78, 5) is 0. The second-order valence-corrected chi connectivity index (χ2v) is 4.16.